The van der Waals surface area contributed by atoms with Gasteiger partial charge in [0.05, 0.1) is 12.2 Å². The van der Waals surface area contributed by atoms with Gasteiger partial charge in [-0.05, 0) is 56.7 Å². The van der Waals surface area contributed by atoms with Crippen molar-refractivity contribution in [3.63, 3.8) is 0 Å². The van der Waals surface area contributed by atoms with Crippen LogP contribution >= 0.6 is 0 Å². The number of carbonyl (C=O) groups is 1. The molecule has 0 bridgehead atoms. The SMILES string of the molecule is CCN(CC)c1ccc(NCC(=O)Nc2ccc(F)c(F)c2F)c(C)c1. The Morgan fingerprint density at radius 3 is 2.27 bits per heavy atom. The molecule has 2 N–H and O–H groups in total. The Bertz CT molecular complexity index is 792. The molecule has 2 aromatic carbocycles. The number of benzene rings is 2. The highest BCUT2D eigenvalue weighted by Gasteiger charge is 2.15. The molecule has 2 rings (SSSR count). The van der Waals surface area contributed by atoms with E-state index < -0.39 is 29.0 Å². The van der Waals surface area contributed by atoms with Crippen molar-refractivity contribution in [2.45, 2.75) is 20.8 Å². The fraction of sp³-hybridized carbons (Fsp3) is 0.316. The molecule has 0 saturated carbocycles. The van der Waals surface area contributed by atoms with Gasteiger partial charge in [0, 0.05) is 24.5 Å². The maximum Gasteiger partial charge on any atom is 0.243 e. The van der Waals surface area contributed by atoms with Gasteiger partial charge in [-0.3, -0.25) is 4.79 Å². The van der Waals surface area contributed by atoms with E-state index in [1.165, 1.54) is 0 Å². The summed E-state index contributed by atoms with van der Waals surface area (Å²) in [5.74, 6) is -4.90. The van der Waals surface area contributed by atoms with E-state index >= 15 is 0 Å². The highest BCUT2D eigenvalue weighted by Crippen LogP contribution is 2.23. The first kappa shape index (κ1) is 19.6. The van der Waals surface area contributed by atoms with Crippen molar-refractivity contribution in [3.8, 4) is 0 Å². The lowest BCUT2D eigenvalue weighted by atomic mass is 10.1. The van der Waals surface area contributed by atoms with Gasteiger partial charge in [0.15, 0.2) is 17.5 Å². The van der Waals surface area contributed by atoms with Crippen LogP contribution in [0.5, 0.6) is 0 Å². The van der Waals surface area contributed by atoms with Gasteiger partial charge >= 0.3 is 0 Å². The molecule has 1 amide bonds. The summed E-state index contributed by atoms with van der Waals surface area (Å²) in [7, 11) is 0. The molecular weight excluding hydrogens is 343 g/mol. The zero-order chi connectivity index (χ0) is 19.3. The number of carbonyl (C=O) groups excluding carboxylic acids is 1. The Hall–Kier alpha value is -2.70. The lowest BCUT2D eigenvalue weighted by Gasteiger charge is -2.22. The molecule has 0 aromatic heterocycles. The zero-order valence-electron chi connectivity index (χ0n) is 15.0. The summed E-state index contributed by atoms with van der Waals surface area (Å²) < 4.78 is 39.7. The molecule has 2 aromatic rings. The van der Waals surface area contributed by atoms with Gasteiger partial charge in [0.2, 0.25) is 5.91 Å². The number of hydrogen-bond donors (Lipinski definition) is 2. The summed E-state index contributed by atoms with van der Waals surface area (Å²) in [5.41, 5.74) is 2.42. The minimum atomic E-state index is -1.61. The van der Waals surface area contributed by atoms with Gasteiger partial charge in [-0.25, -0.2) is 13.2 Å². The predicted octanol–water partition coefficient (Wildman–Crippen LogP) is 4.31. The quantitative estimate of drug-likeness (QED) is 0.719. The van der Waals surface area contributed by atoms with E-state index in [0.29, 0.717) is 0 Å². The van der Waals surface area contributed by atoms with Crippen molar-refractivity contribution >= 4 is 23.0 Å². The van der Waals surface area contributed by atoms with Crippen LogP contribution < -0.4 is 15.5 Å². The van der Waals surface area contributed by atoms with Gasteiger partial charge in [0.25, 0.3) is 0 Å². The number of anilines is 3. The molecule has 0 atom stereocenters. The molecule has 26 heavy (non-hydrogen) atoms. The van der Waals surface area contributed by atoms with E-state index in [2.05, 4.69) is 29.4 Å². The summed E-state index contributed by atoms with van der Waals surface area (Å²) in [6.07, 6.45) is 0. The first-order chi connectivity index (χ1) is 12.4. The van der Waals surface area contributed by atoms with Crippen molar-refractivity contribution < 1.29 is 18.0 Å². The van der Waals surface area contributed by atoms with Gasteiger partial charge in [-0.2, -0.15) is 0 Å². The molecule has 7 heteroatoms. The molecule has 0 spiro atoms. The third-order valence-electron chi connectivity index (χ3n) is 4.09. The van der Waals surface area contributed by atoms with Gasteiger partial charge < -0.3 is 15.5 Å². The number of hydrogen-bond acceptors (Lipinski definition) is 3. The topological polar surface area (TPSA) is 44.4 Å². The van der Waals surface area contributed by atoms with Crippen molar-refractivity contribution in [2.24, 2.45) is 0 Å². The third-order valence-corrected chi connectivity index (χ3v) is 4.09. The summed E-state index contributed by atoms with van der Waals surface area (Å²) in [6, 6.07) is 7.58. The molecule has 0 aliphatic carbocycles. The van der Waals surface area contributed by atoms with E-state index in [1.54, 1.807) is 0 Å². The number of halogens is 3. The average molecular weight is 365 g/mol. The summed E-state index contributed by atoms with van der Waals surface area (Å²) in [5, 5.41) is 5.18. The molecule has 0 aliphatic rings. The molecule has 0 aliphatic heterocycles. The first-order valence-electron chi connectivity index (χ1n) is 8.40. The Morgan fingerprint density at radius 2 is 1.65 bits per heavy atom. The second-order valence-corrected chi connectivity index (χ2v) is 5.80. The van der Waals surface area contributed by atoms with Crippen LogP contribution in [-0.4, -0.2) is 25.5 Å². The first-order valence-corrected chi connectivity index (χ1v) is 8.40. The number of nitrogens with one attached hydrogen (secondary N) is 2. The Morgan fingerprint density at radius 1 is 1.00 bits per heavy atom. The van der Waals surface area contributed by atoms with Crippen molar-refractivity contribution in [3.05, 3.63) is 53.3 Å². The second kappa shape index (κ2) is 8.60. The van der Waals surface area contributed by atoms with E-state index in [0.717, 1.165) is 42.2 Å². The van der Waals surface area contributed by atoms with Crippen LogP contribution in [0, 0.1) is 24.4 Å². The average Bonchev–Trinajstić information content (AvgIpc) is 2.62. The minimum absolute atomic E-state index is 0.135. The number of rotatable bonds is 7. The number of amides is 1. The molecule has 4 nitrogen and oxygen atoms in total. The van der Waals surface area contributed by atoms with Crippen LogP contribution in [0.3, 0.4) is 0 Å². The van der Waals surface area contributed by atoms with Crippen molar-refractivity contribution in [1.82, 2.24) is 0 Å². The minimum Gasteiger partial charge on any atom is -0.376 e. The molecule has 0 heterocycles. The number of aryl methyl sites for hydroxylation is 1. The third kappa shape index (κ3) is 4.47. The maximum absolute atomic E-state index is 13.6. The fourth-order valence-electron chi connectivity index (χ4n) is 2.62. The highest BCUT2D eigenvalue weighted by atomic mass is 19.2. The van der Waals surface area contributed by atoms with Crippen molar-refractivity contribution in [1.29, 1.82) is 0 Å². The molecule has 0 radical (unpaired) electrons. The summed E-state index contributed by atoms with van der Waals surface area (Å²) in [6.45, 7) is 7.72. The van der Waals surface area contributed by atoms with E-state index in [1.807, 2.05) is 25.1 Å². The number of nitrogens with zero attached hydrogens (tertiary/aromatic N) is 1. The lowest BCUT2D eigenvalue weighted by Crippen LogP contribution is -2.23. The van der Waals surface area contributed by atoms with Crippen LogP contribution in [-0.2, 0) is 4.79 Å². The van der Waals surface area contributed by atoms with E-state index in [9.17, 15) is 18.0 Å². The van der Waals surface area contributed by atoms with Crippen LogP contribution in [0.25, 0.3) is 0 Å². The Balaban J connectivity index is 2.00. The molecule has 0 unspecified atom stereocenters. The Kier molecular flexibility index (Phi) is 6.49. The maximum atomic E-state index is 13.6. The lowest BCUT2D eigenvalue weighted by molar-refractivity contribution is -0.114. The van der Waals surface area contributed by atoms with Crippen LogP contribution in [0.15, 0.2) is 30.3 Å². The zero-order valence-corrected chi connectivity index (χ0v) is 15.0. The monoisotopic (exact) mass is 365 g/mol. The van der Waals surface area contributed by atoms with Crippen LogP contribution in [0.2, 0.25) is 0 Å². The molecule has 140 valence electrons. The van der Waals surface area contributed by atoms with E-state index in [-0.39, 0.29) is 6.54 Å². The van der Waals surface area contributed by atoms with Crippen LogP contribution in [0.1, 0.15) is 19.4 Å². The predicted molar refractivity (Wildman–Crippen MR) is 98.2 cm³/mol. The van der Waals surface area contributed by atoms with Gasteiger partial charge in [0.1, 0.15) is 0 Å². The van der Waals surface area contributed by atoms with Crippen molar-refractivity contribution in [2.75, 3.05) is 35.2 Å². The summed E-state index contributed by atoms with van der Waals surface area (Å²) in [4.78, 5) is 14.2. The van der Waals surface area contributed by atoms with Gasteiger partial charge in [-0.15, -0.1) is 0 Å². The highest BCUT2D eigenvalue weighted by molar-refractivity contribution is 5.94. The second-order valence-electron chi connectivity index (χ2n) is 5.80. The summed E-state index contributed by atoms with van der Waals surface area (Å²) >= 11 is 0. The standard InChI is InChI=1S/C19H22F3N3O/c1-4-25(5-2)13-6-8-15(12(3)10-13)23-11-17(26)24-16-9-7-14(20)18(21)19(16)22/h6-10,23H,4-5,11H2,1-3H3,(H,24,26). The smallest absolute Gasteiger partial charge is 0.243 e. The normalized spacial score (nSPS) is 10.5. The molecule has 0 saturated heterocycles. The van der Waals surface area contributed by atoms with E-state index in [4.69, 9.17) is 0 Å². The Labute approximate surface area is 151 Å². The molecule has 0 fully saturated rings. The largest absolute Gasteiger partial charge is 0.376 e. The van der Waals surface area contributed by atoms with Crippen LogP contribution in [0.4, 0.5) is 30.2 Å². The van der Waals surface area contributed by atoms with Gasteiger partial charge in [-0.1, -0.05) is 0 Å². The molecular formula is C19H22F3N3O. The fourth-order valence-corrected chi connectivity index (χ4v) is 2.62.